The highest BCUT2D eigenvalue weighted by molar-refractivity contribution is 7.85. The maximum atomic E-state index is 10.5. The smallest absolute Gasteiger partial charge is 0.282 e. The van der Waals surface area contributed by atoms with Gasteiger partial charge in [0.05, 0.1) is 4.92 Å². The Kier molecular flexibility index (Phi) is 2.30. The van der Waals surface area contributed by atoms with Gasteiger partial charge in [-0.1, -0.05) is 0 Å². The van der Waals surface area contributed by atoms with Crippen molar-refractivity contribution >= 4 is 15.8 Å². The molecule has 1 aromatic carbocycles. The normalized spacial score (nSPS) is 11.2. The molecule has 0 atom stereocenters. The molecule has 13 heavy (non-hydrogen) atoms. The van der Waals surface area contributed by atoms with Crippen LogP contribution in [-0.4, -0.2) is 17.9 Å². The van der Waals surface area contributed by atoms with Crippen LogP contribution < -0.4 is 0 Å². The van der Waals surface area contributed by atoms with Crippen LogP contribution in [0.2, 0.25) is 0 Å². The summed E-state index contributed by atoms with van der Waals surface area (Å²) in [4.78, 5) is 8.96. The standard InChI is InChI=1S/C6H4NO5S/c8-7(9)5-1-3-6(4-2-5)13(10,11)12/h1-3H,(H,10,11,12). The maximum Gasteiger partial charge on any atom is 0.295 e. The second-order valence-electron chi connectivity index (χ2n) is 2.14. The Balaban J connectivity index is 3.16. The second-order valence-corrected chi connectivity index (χ2v) is 3.53. The molecule has 0 saturated heterocycles. The van der Waals surface area contributed by atoms with Crippen LogP contribution in [0.1, 0.15) is 0 Å². The number of nitro groups is 1. The molecule has 0 aliphatic rings. The number of nitro benzene ring substituents is 1. The van der Waals surface area contributed by atoms with E-state index in [-0.39, 0.29) is 5.69 Å². The van der Waals surface area contributed by atoms with E-state index in [9.17, 15) is 18.5 Å². The van der Waals surface area contributed by atoms with E-state index in [1.165, 1.54) is 0 Å². The van der Waals surface area contributed by atoms with Gasteiger partial charge in [-0.3, -0.25) is 14.7 Å². The second kappa shape index (κ2) is 3.11. The first-order valence-corrected chi connectivity index (χ1v) is 4.49. The lowest BCUT2D eigenvalue weighted by molar-refractivity contribution is -0.384. The zero-order valence-corrected chi connectivity index (χ0v) is 6.98. The van der Waals surface area contributed by atoms with Crippen LogP contribution in [0.15, 0.2) is 23.1 Å². The fourth-order valence-electron chi connectivity index (χ4n) is 0.676. The summed E-state index contributed by atoms with van der Waals surface area (Å²) in [5.74, 6) is 0. The molecule has 0 aliphatic carbocycles. The minimum absolute atomic E-state index is 0.285. The summed E-state index contributed by atoms with van der Waals surface area (Å²) < 4.78 is 29.4. The molecule has 0 bridgehead atoms. The molecule has 0 saturated carbocycles. The third kappa shape index (κ3) is 2.23. The Morgan fingerprint density at radius 2 is 2.08 bits per heavy atom. The lowest BCUT2D eigenvalue weighted by Crippen LogP contribution is -1.98. The molecule has 0 aliphatic heterocycles. The summed E-state index contributed by atoms with van der Waals surface area (Å²) in [5.41, 5.74) is -0.285. The van der Waals surface area contributed by atoms with E-state index in [1.54, 1.807) is 0 Å². The summed E-state index contributed by atoms with van der Waals surface area (Å²) in [6.07, 6.45) is 0. The number of rotatable bonds is 2. The van der Waals surface area contributed by atoms with Crippen LogP contribution in [0.25, 0.3) is 0 Å². The minimum atomic E-state index is -4.32. The van der Waals surface area contributed by atoms with Gasteiger partial charge in [0, 0.05) is 18.2 Å². The molecule has 0 spiro atoms. The van der Waals surface area contributed by atoms with Gasteiger partial charge in [-0.15, -0.1) is 0 Å². The summed E-state index contributed by atoms with van der Waals surface area (Å²) in [6, 6.07) is 4.84. The number of hydrogen-bond acceptors (Lipinski definition) is 4. The van der Waals surface area contributed by atoms with Crippen LogP contribution in [0, 0.1) is 16.2 Å². The Hall–Kier alpha value is -1.47. The van der Waals surface area contributed by atoms with E-state index in [2.05, 4.69) is 6.07 Å². The molecule has 7 heteroatoms. The highest BCUT2D eigenvalue weighted by atomic mass is 32.2. The molecule has 1 aromatic rings. The van der Waals surface area contributed by atoms with Crippen LogP contribution in [0.5, 0.6) is 0 Å². The molecule has 0 fully saturated rings. The van der Waals surface area contributed by atoms with Gasteiger partial charge in [-0.25, -0.2) is 0 Å². The molecule has 1 radical (unpaired) electrons. The predicted octanol–water partition coefficient (Wildman–Crippen LogP) is 0.642. The number of hydrogen-bond donors (Lipinski definition) is 1. The summed E-state index contributed by atoms with van der Waals surface area (Å²) in [7, 11) is -4.32. The van der Waals surface area contributed by atoms with Gasteiger partial charge < -0.3 is 0 Å². The van der Waals surface area contributed by atoms with Crippen LogP contribution >= 0.6 is 0 Å². The van der Waals surface area contributed by atoms with E-state index < -0.39 is 19.9 Å². The van der Waals surface area contributed by atoms with Crippen LogP contribution in [0.4, 0.5) is 5.69 Å². The zero-order chi connectivity index (χ0) is 10.1. The van der Waals surface area contributed by atoms with Crippen molar-refractivity contribution in [1.82, 2.24) is 0 Å². The summed E-state index contributed by atoms with van der Waals surface area (Å²) in [5, 5.41) is 10.1. The monoisotopic (exact) mass is 202 g/mol. The van der Waals surface area contributed by atoms with Gasteiger partial charge in [-0.2, -0.15) is 8.42 Å². The Morgan fingerprint density at radius 3 is 2.38 bits per heavy atom. The van der Waals surface area contributed by atoms with Gasteiger partial charge in [0.2, 0.25) is 0 Å². The summed E-state index contributed by atoms with van der Waals surface area (Å²) >= 11 is 0. The first kappa shape index (κ1) is 9.62. The van der Waals surface area contributed by atoms with Crippen molar-refractivity contribution in [1.29, 1.82) is 0 Å². The van der Waals surface area contributed by atoms with Crippen LogP contribution in [0.3, 0.4) is 0 Å². The molecule has 0 amide bonds. The molecular formula is C6H4NO5S. The minimum Gasteiger partial charge on any atom is -0.282 e. The van der Waals surface area contributed by atoms with Gasteiger partial charge in [0.1, 0.15) is 4.90 Å². The van der Waals surface area contributed by atoms with E-state index in [1.807, 2.05) is 0 Å². The Labute approximate surface area is 73.7 Å². The van der Waals surface area contributed by atoms with Gasteiger partial charge in [-0.05, 0) is 6.07 Å². The molecular weight excluding hydrogens is 198 g/mol. The lowest BCUT2D eigenvalue weighted by atomic mass is 10.3. The predicted molar refractivity (Wildman–Crippen MR) is 41.7 cm³/mol. The number of nitrogens with zero attached hydrogens (tertiary/aromatic N) is 1. The average molecular weight is 202 g/mol. The third-order valence-corrected chi connectivity index (χ3v) is 2.07. The van der Waals surface area contributed by atoms with E-state index in [0.717, 1.165) is 18.2 Å². The van der Waals surface area contributed by atoms with Crippen molar-refractivity contribution < 1.29 is 17.9 Å². The van der Waals surface area contributed by atoms with E-state index in [4.69, 9.17) is 4.55 Å². The van der Waals surface area contributed by atoms with Gasteiger partial charge in [0.15, 0.2) is 0 Å². The lowest BCUT2D eigenvalue weighted by Gasteiger charge is -1.94. The summed E-state index contributed by atoms with van der Waals surface area (Å²) in [6.45, 7) is 0. The van der Waals surface area contributed by atoms with Crippen molar-refractivity contribution in [3.05, 3.63) is 34.4 Å². The van der Waals surface area contributed by atoms with Crippen molar-refractivity contribution in [2.75, 3.05) is 0 Å². The van der Waals surface area contributed by atoms with E-state index >= 15 is 0 Å². The fourth-order valence-corrected chi connectivity index (χ4v) is 1.12. The van der Waals surface area contributed by atoms with Crippen LogP contribution in [-0.2, 0) is 10.1 Å². The Morgan fingerprint density at radius 1 is 1.46 bits per heavy atom. The topological polar surface area (TPSA) is 97.5 Å². The highest BCUT2D eigenvalue weighted by Gasteiger charge is 2.12. The fraction of sp³-hybridized carbons (Fsp3) is 0. The molecule has 0 aromatic heterocycles. The van der Waals surface area contributed by atoms with Gasteiger partial charge >= 0.3 is 0 Å². The van der Waals surface area contributed by atoms with Gasteiger partial charge in [0.25, 0.3) is 15.8 Å². The molecule has 6 nitrogen and oxygen atoms in total. The highest BCUT2D eigenvalue weighted by Crippen LogP contribution is 2.14. The molecule has 1 rings (SSSR count). The number of non-ortho nitro benzene ring substituents is 1. The molecule has 69 valence electrons. The van der Waals surface area contributed by atoms with E-state index in [0.29, 0.717) is 0 Å². The number of benzene rings is 1. The SMILES string of the molecule is O=[N+]([O-])c1c[c]c(S(=O)(=O)O)cc1. The third-order valence-electron chi connectivity index (χ3n) is 1.26. The first-order chi connectivity index (χ1) is 5.91. The van der Waals surface area contributed by atoms with Crippen molar-refractivity contribution in [3.63, 3.8) is 0 Å². The Bertz CT molecular complexity index is 421. The maximum absolute atomic E-state index is 10.5. The quantitative estimate of drug-likeness (QED) is 0.431. The largest absolute Gasteiger partial charge is 0.295 e. The molecule has 0 heterocycles. The zero-order valence-electron chi connectivity index (χ0n) is 6.17. The van der Waals surface area contributed by atoms with Crippen molar-refractivity contribution in [2.24, 2.45) is 0 Å². The van der Waals surface area contributed by atoms with Crippen molar-refractivity contribution in [3.8, 4) is 0 Å². The van der Waals surface area contributed by atoms with Crippen molar-refractivity contribution in [2.45, 2.75) is 4.90 Å². The average Bonchev–Trinajstić information content (AvgIpc) is 2.03. The molecule has 1 N–H and O–H groups in total. The molecule has 0 unspecified atom stereocenters. The first-order valence-electron chi connectivity index (χ1n) is 3.05.